The van der Waals surface area contributed by atoms with Crippen LogP contribution < -0.4 is 10.6 Å². The minimum absolute atomic E-state index is 0. The molecule has 6 heteroatoms. The van der Waals surface area contributed by atoms with Crippen molar-refractivity contribution in [1.29, 1.82) is 0 Å². The number of benzene rings is 1. The first-order valence-corrected chi connectivity index (χ1v) is 10.5. The number of unbranched alkanes of at least 4 members (excludes halogenated alkanes) is 1. The van der Waals surface area contributed by atoms with Crippen LogP contribution in [0.2, 0.25) is 0 Å². The van der Waals surface area contributed by atoms with Crippen LogP contribution >= 0.6 is 24.0 Å². The molecule has 0 aromatic heterocycles. The molecule has 0 spiro atoms. The van der Waals surface area contributed by atoms with E-state index in [0.717, 1.165) is 58.1 Å². The average Bonchev–Trinajstić information content (AvgIpc) is 2.69. The van der Waals surface area contributed by atoms with Crippen LogP contribution in [0.5, 0.6) is 0 Å². The summed E-state index contributed by atoms with van der Waals surface area (Å²) in [6.45, 7) is 11.2. The maximum atomic E-state index is 6.11. The Bertz CT molecular complexity index is 551. The number of rotatable bonds is 10. The van der Waals surface area contributed by atoms with Crippen LogP contribution in [-0.2, 0) is 9.47 Å². The largest absolute Gasteiger partial charge is 0.380 e. The second kappa shape index (κ2) is 15.0. The van der Waals surface area contributed by atoms with E-state index in [4.69, 9.17) is 14.5 Å². The predicted octanol–water partition coefficient (Wildman–Crippen LogP) is 4.45. The quantitative estimate of drug-likeness (QED) is 0.214. The molecule has 1 aromatic carbocycles. The standard InChI is InChI=1S/C22H37N3O2.HI/c1-4-6-14-26-16-13-24-22(23-5-2)25-17-20-8-7-15-27-21(20)19-11-9-18(3)10-12-19;/h9-12,20-21H,4-8,13-17H2,1-3H3,(H2,23,24,25);1H. The number of hydrogen-bond donors (Lipinski definition) is 2. The number of guanidine groups is 1. The first kappa shape index (κ1) is 25.2. The van der Waals surface area contributed by atoms with Crippen molar-refractivity contribution in [3.8, 4) is 0 Å². The smallest absolute Gasteiger partial charge is 0.191 e. The van der Waals surface area contributed by atoms with E-state index in [2.05, 4.69) is 55.7 Å². The van der Waals surface area contributed by atoms with Gasteiger partial charge in [0.15, 0.2) is 5.96 Å². The van der Waals surface area contributed by atoms with Crippen molar-refractivity contribution in [2.24, 2.45) is 10.9 Å². The number of halogens is 1. The summed E-state index contributed by atoms with van der Waals surface area (Å²) >= 11 is 0. The molecule has 0 amide bonds. The number of nitrogens with zero attached hydrogens (tertiary/aromatic N) is 1. The van der Waals surface area contributed by atoms with E-state index in [1.807, 2.05) is 0 Å². The zero-order chi connectivity index (χ0) is 19.3. The highest BCUT2D eigenvalue weighted by Gasteiger charge is 2.27. The van der Waals surface area contributed by atoms with Crippen molar-refractivity contribution in [3.05, 3.63) is 35.4 Å². The third-order valence-electron chi connectivity index (χ3n) is 4.86. The van der Waals surface area contributed by atoms with Gasteiger partial charge in [0.2, 0.25) is 0 Å². The van der Waals surface area contributed by atoms with Crippen molar-refractivity contribution in [2.75, 3.05) is 39.5 Å². The fourth-order valence-electron chi connectivity index (χ4n) is 3.30. The summed E-state index contributed by atoms with van der Waals surface area (Å²) in [5.74, 6) is 1.28. The van der Waals surface area contributed by atoms with E-state index < -0.39 is 0 Å². The van der Waals surface area contributed by atoms with Crippen LogP contribution in [0, 0.1) is 12.8 Å². The van der Waals surface area contributed by atoms with Gasteiger partial charge in [0.25, 0.3) is 0 Å². The Morgan fingerprint density at radius 3 is 2.68 bits per heavy atom. The molecule has 2 rings (SSSR count). The summed E-state index contributed by atoms with van der Waals surface area (Å²) in [5, 5.41) is 6.70. The Morgan fingerprint density at radius 1 is 1.18 bits per heavy atom. The van der Waals surface area contributed by atoms with Crippen molar-refractivity contribution in [1.82, 2.24) is 10.6 Å². The Balaban J connectivity index is 0.00000392. The lowest BCUT2D eigenvalue weighted by Crippen LogP contribution is -2.39. The van der Waals surface area contributed by atoms with E-state index in [1.165, 1.54) is 17.5 Å². The average molecular weight is 503 g/mol. The molecule has 0 aliphatic carbocycles. The molecule has 1 heterocycles. The van der Waals surface area contributed by atoms with Crippen LogP contribution in [0.1, 0.15) is 56.8 Å². The fourth-order valence-corrected chi connectivity index (χ4v) is 3.30. The second-order valence-corrected chi connectivity index (χ2v) is 7.22. The fraction of sp³-hybridized carbons (Fsp3) is 0.682. The third kappa shape index (κ3) is 9.09. The Hall–Kier alpha value is -0.860. The van der Waals surface area contributed by atoms with Gasteiger partial charge in [-0.05, 0) is 38.7 Å². The summed E-state index contributed by atoms with van der Waals surface area (Å²) in [6.07, 6.45) is 4.70. The van der Waals surface area contributed by atoms with Gasteiger partial charge < -0.3 is 20.1 Å². The Labute approximate surface area is 188 Å². The molecule has 0 bridgehead atoms. The van der Waals surface area contributed by atoms with Crippen LogP contribution in [0.25, 0.3) is 0 Å². The lowest BCUT2D eigenvalue weighted by Gasteiger charge is -2.31. The van der Waals surface area contributed by atoms with E-state index in [9.17, 15) is 0 Å². The van der Waals surface area contributed by atoms with Gasteiger partial charge in [-0.15, -0.1) is 24.0 Å². The second-order valence-electron chi connectivity index (χ2n) is 7.22. The summed E-state index contributed by atoms with van der Waals surface area (Å²) < 4.78 is 11.7. The van der Waals surface area contributed by atoms with E-state index in [-0.39, 0.29) is 30.1 Å². The molecular weight excluding hydrogens is 465 g/mol. The van der Waals surface area contributed by atoms with Gasteiger partial charge in [-0.3, -0.25) is 4.99 Å². The number of ether oxygens (including phenoxy) is 2. The Morgan fingerprint density at radius 2 is 1.96 bits per heavy atom. The zero-order valence-corrected chi connectivity index (χ0v) is 20.0. The van der Waals surface area contributed by atoms with E-state index >= 15 is 0 Å². The van der Waals surface area contributed by atoms with Crippen LogP contribution in [0.15, 0.2) is 29.3 Å². The highest BCUT2D eigenvalue weighted by Crippen LogP contribution is 2.33. The van der Waals surface area contributed by atoms with Gasteiger partial charge in [0.05, 0.1) is 12.7 Å². The molecule has 1 saturated heterocycles. The van der Waals surface area contributed by atoms with Crippen molar-refractivity contribution >= 4 is 29.9 Å². The van der Waals surface area contributed by atoms with Crippen LogP contribution in [0.3, 0.4) is 0 Å². The maximum Gasteiger partial charge on any atom is 0.191 e. The number of hydrogen-bond acceptors (Lipinski definition) is 3. The maximum absolute atomic E-state index is 6.11. The number of aryl methyl sites for hydroxylation is 1. The molecule has 5 nitrogen and oxygen atoms in total. The monoisotopic (exact) mass is 503 g/mol. The Kier molecular flexibility index (Phi) is 13.5. The molecular formula is C22H38IN3O2. The molecule has 1 aliphatic rings. The number of aliphatic imine (C=N–C) groups is 1. The van der Waals surface area contributed by atoms with Gasteiger partial charge in [-0.25, -0.2) is 0 Å². The lowest BCUT2D eigenvalue weighted by molar-refractivity contribution is -0.0250. The normalized spacial score (nSPS) is 19.8. The molecule has 1 fully saturated rings. The molecule has 0 saturated carbocycles. The van der Waals surface area contributed by atoms with Gasteiger partial charge >= 0.3 is 0 Å². The minimum atomic E-state index is 0. The molecule has 0 radical (unpaired) electrons. The zero-order valence-electron chi connectivity index (χ0n) is 17.7. The molecule has 2 atom stereocenters. The molecule has 2 unspecified atom stereocenters. The summed E-state index contributed by atoms with van der Waals surface area (Å²) in [4.78, 5) is 4.82. The highest BCUT2D eigenvalue weighted by molar-refractivity contribution is 14.0. The van der Waals surface area contributed by atoms with E-state index in [1.54, 1.807) is 0 Å². The summed E-state index contributed by atoms with van der Waals surface area (Å²) in [5.41, 5.74) is 2.55. The van der Waals surface area contributed by atoms with Crippen LogP contribution in [0.4, 0.5) is 0 Å². The van der Waals surface area contributed by atoms with Gasteiger partial charge in [0, 0.05) is 38.8 Å². The first-order chi connectivity index (χ1) is 13.2. The van der Waals surface area contributed by atoms with Gasteiger partial charge in [-0.2, -0.15) is 0 Å². The van der Waals surface area contributed by atoms with Crippen molar-refractivity contribution in [3.63, 3.8) is 0 Å². The minimum Gasteiger partial charge on any atom is -0.380 e. The summed E-state index contributed by atoms with van der Waals surface area (Å²) in [7, 11) is 0. The molecule has 1 aliphatic heterocycles. The SMILES string of the molecule is CCCCOCCNC(=NCC1CCCOC1c1ccc(C)cc1)NCC.I. The lowest BCUT2D eigenvalue weighted by atomic mass is 9.89. The molecule has 1 aromatic rings. The van der Waals surface area contributed by atoms with Crippen LogP contribution in [-0.4, -0.2) is 45.4 Å². The van der Waals surface area contributed by atoms with Crippen molar-refractivity contribution in [2.45, 2.75) is 52.6 Å². The third-order valence-corrected chi connectivity index (χ3v) is 4.86. The first-order valence-electron chi connectivity index (χ1n) is 10.5. The van der Waals surface area contributed by atoms with Gasteiger partial charge in [-0.1, -0.05) is 43.2 Å². The van der Waals surface area contributed by atoms with E-state index in [0.29, 0.717) is 12.5 Å². The van der Waals surface area contributed by atoms with Gasteiger partial charge in [0.1, 0.15) is 0 Å². The topological polar surface area (TPSA) is 54.9 Å². The number of nitrogens with one attached hydrogen (secondary N) is 2. The highest BCUT2D eigenvalue weighted by atomic mass is 127. The summed E-state index contributed by atoms with van der Waals surface area (Å²) in [6, 6.07) is 8.72. The molecule has 160 valence electrons. The molecule has 28 heavy (non-hydrogen) atoms. The molecule has 2 N–H and O–H groups in total. The van der Waals surface area contributed by atoms with Crippen molar-refractivity contribution < 1.29 is 9.47 Å². The predicted molar refractivity (Wildman–Crippen MR) is 128 cm³/mol.